The molecular weight excluding hydrogens is 450 g/mol. The number of amides is 1. The van der Waals surface area contributed by atoms with Crippen LogP contribution in [0, 0.1) is 0 Å². The molecule has 0 aliphatic heterocycles. The Morgan fingerprint density at radius 3 is 2.59 bits per heavy atom. The second-order valence-corrected chi connectivity index (χ2v) is 8.87. The number of hydrogen-bond acceptors (Lipinski definition) is 7. The van der Waals surface area contributed by atoms with Crippen LogP contribution in [0.2, 0.25) is 0 Å². The topological polar surface area (TPSA) is 115 Å². The lowest BCUT2D eigenvalue weighted by Gasteiger charge is -2.14. The van der Waals surface area contributed by atoms with E-state index in [0.717, 1.165) is 28.4 Å². The van der Waals surface area contributed by atoms with Crippen molar-refractivity contribution in [3.63, 3.8) is 0 Å². The zero-order valence-corrected chi connectivity index (χ0v) is 19.7. The number of benzene rings is 2. The number of nitrogens with two attached hydrogens (primary N) is 1. The second-order valence-electron chi connectivity index (χ2n) is 7.65. The van der Waals surface area contributed by atoms with E-state index >= 15 is 0 Å². The standard InChI is InChI=1S/C25H27N5O3S/c1-17(25(32)27-11-13-34-14-12-31)30-15-21(22-23(26)28-16-29-24(22)30)18-7-9-20(10-8-18)33-19-5-3-2-4-6-19/h2-10,15-17,31H,11-14H2,1H3,(H,27,32)(H2,26,28,29). The molecule has 0 saturated heterocycles. The molecule has 0 radical (unpaired) electrons. The molecule has 0 aliphatic rings. The van der Waals surface area contributed by atoms with E-state index in [-0.39, 0.29) is 12.5 Å². The van der Waals surface area contributed by atoms with Gasteiger partial charge < -0.3 is 25.5 Å². The summed E-state index contributed by atoms with van der Waals surface area (Å²) >= 11 is 1.59. The first kappa shape index (κ1) is 23.6. The fourth-order valence-corrected chi connectivity index (χ4v) is 4.22. The number of carbonyl (C=O) groups is 1. The maximum absolute atomic E-state index is 12.8. The molecule has 1 unspecified atom stereocenters. The van der Waals surface area contributed by atoms with Gasteiger partial charge in [-0.2, -0.15) is 11.8 Å². The number of fused-ring (bicyclic) bond motifs is 1. The average Bonchev–Trinajstić information content (AvgIpc) is 3.25. The highest BCUT2D eigenvalue weighted by atomic mass is 32.2. The summed E-state index contributed by atoms with van der Waals surface area (Å²) in [5.74, 6) is 3.12. The fraction of sp³-hybridized carbons (Fsp3) is 0.240. The third-order valence-electron chi connectivity index (χ3n) is 5.36. The summed E-state index contributed by atoms with van der Waals surface area (Å²) in [6.45, 7) is 2.49. The van der Waals surface area contributed by atoms with E-state index in [1.807, 2.05) is 72.3 Å². The Kier molecular flexibility index (Phi) is 7.66. The Morgan fingerprint density at radius 2 is 1.85 bits per heavy atom. The first-order chi connectivity index (χ1) is 16.6. The predicted molar refractivity (Wildman–Crippen MR) is 136 cm³/mol. The Morgan fingerprint density at radius 1 is 1.12 bits per heavy atom. The quantitative estimate of drug-likeness (QED) is 0.297. The number of ether oxygens (including phenoxy) is 1. The molecule has 2 heterocycles. The van der Waals surface area contributed by atoms with Crippen molar-refractivity contribution in [2.24, 2.45) is 0 Å². The van der Waals surface area contributed by atoms with Gasteiger partial charge in [0, 0.05) is 29.8 Å². The van der Waals surface area contributed by atoms with Gasteiger partial charge in [-0.1, -0.05) is 30.3 Å². The summed E-state index contributed by atoms with van der Waals surface area (Å²) in [5, 5.41) is 12.5. The van der Waals surface area contributed by atoms with Crippen LogP contribution in [0.5, 0.6) is 11.5 Å². The highest BCUT2D eigenvalue weighted by Gasteiger charge is 2.22. The van der Waals surface area contributed by atoms with E-state index in [9.17, 15) is 4.79 Å². The van der Waals surface area contributed by atoms with Crippen LogP contribution in [0.1, 0.15) is 13.0 Å². The van der Waals surface area contributed by atoms with Crippen molar-refractivity contribution in [3.8, 4) is 22.6 Å². The van der Waals surface area contributed by atoms with E-state index in [2.05, 4.69) is 15.3 Å². The van der Waals surface area contributed by atoms with Crippen molar-refractivity contribution in [1.82, 2.24) is 19.9 Å². The molecule has 4 N–H and O–H groups in total. The van der Waals surface area contributed by atoms with Crippen LogP contribution in [0.25, 0.3) is 22.2 Å². The molecule has 0 spiro atoms. The van der Waals surface area contributed by atoms with Crippen molar-refractivity contribution < 1.29 is 14.6 Å². The Labute approximate surface area is 202 Å². The first-order valence-electron chi connectivity index (χ1n) is 11.0. The van der Waals surface area contributed by atoms with Gasteiger partial charge in [0.2, 0.25) is 5.91 Å². The fourth-order valence-electron chi connectivity index (χ4n) is 3.64. The predicted octanol–water partition coefficient (Wildman–Crippen LogP) is 3.88. The van der Waals surface area contributed by atoms with E-state index < -0.39 is 6.04 Å². The third-order valence-corrected chi connectivity index (χ3v) is 6.32. The van der Waals surface area contributed by atoms with Crippen LogP contribution < -0.4 is 15.8 Å². The Bertz CT molecular complexity index is 1240. The number of aliphatic hydroxyl groups is 1. The molecule has 8 nitrogen and oxygen atoms in total. The van der Waals surface area contributed by atoms with E-state index in [0.29, 0.717) is 29.1 Å². The van der Waals surface area contributed by atoms with Crippen molar-refractivity contribution in [1.29, 1.82) is 0 Å². The molecule has 0 fully saturated rings. The van der Waals surface area contributed by atoms with Crippen LogP contribution in [-0.4, -0.2) is 50.2 Å². The van der Waals surface area contributed by atoms with Crippen molar-refractivity contribution in [2.75, 3.05) is 30.4 Å². The molecular formula is C25H27N5O3S. The van der Waals surface area contributed by atoms with Gasteiger partial charge in [0.15, 0.2) is 0 Å². The number of aliphatic hydroxyl groups excluding tert-OH is 1. The zero-order valence-electron chi connectivity index (χ0n) is 18.8. The highest BCUT2D eigenvalue weighted by Crippen LogP contribution is 2.35. The van der Waals surface area contributed by atoms with Crippen molar-refractivity contribution in [3.05, 3.63) is 67.1 Å². The number of nitrogens with zero attached hydrogens (tertiary/aromatic N) is 3. The van der Waals surface area contributed by atoms with Gasteiger partial charge in [-0.3, -0.25) is 4.79 Å². The molecule has 34 heavy (non-hydrogen) atoms. The number of anilines is 1. The summed E-state index contributed by atoms with van der Waals surface area (Å²) < 4.78 is 7.72. The molecule has 2 aromatic heterocycles. The highest BCUT2D eigenvalue weighted by molar-refractivity contribution is 7.99. The van der Waals surface area contributed by atoms with E-state index in [1.165, 1.54) is 6.33 Å². The average molecular weight is 478 g/mol. The number of rotatable bonds is 10. The van der Waals surface area contributed by atoms with Crippen molar-refractivity contribution in [2.45, 2.75) is 13.0 Å². The number of carbonyl (C=O) groups excluding carboxylic acids is 1. The maximum Gasteiger partial charge on any atom is 0.242 e. The van der Waals surface area contributed by atoms with Crippen LogP contribution in [0.3, 0.4) is 0 Å². The summed E-state index contributed by atoms with van der Waals surface area (Å²) in [5.41, 5.74) is 8.59. The molecule has 4 aromatic rings. The van der Waals surface area contributed by atoms with Gasteiger partial charge >= 0.3 is 0 Å². The Hall–Kier alpha value is -3.56. The molecule has 4 rings (SSSR count). The molecule has 0 saturated carbocycles. The molecule has 2 aromatic carbocycles. The van der Waals surface area contributed by atoms with Crippen LogP contribution in [0.15, 0.2) is 67.1 Å². The summed E-state index contributed by atoms with van der Waals surface area (Å²) in [6.07, 6.45) is 3.30. The van der Waals surface area contributed by atoms with Gasteiger partial charge in [-0.15, -0.1) is 0 Å². The molecule has 0 bridgehead atoms. The lowest BCUT2D eigenvalue weighted by molar-refractivity contribution is -0.123. The van der Waals surface area contributed by atoms with Crippen LogP contribution in [-0.2, 0) is 4.79 Å². The number of thioether (sulfide) groups is 1. The second kappa shape index (κ2) is 11.0. The van der Waals surface area contributed by atoms with Gasteiger partial charge in [0.25, 0.3) is 0 Å². The van der Waals surface area contributed by atoms with Gasteiger partial charge in [-0.05, 0) is 36.8 Å². The van der Waals surface area contributed by atoms with Crippen LogP contribution >= 0.6 is 11.8 Å². The third kappa shape index (κ3) is 5.32. The van der Waals surface area contributed by atoms with Crippen molar-refractivity contribution >= 4 is 34.5 Å². The van der Waals surface area contributed by atoms with E-state index in [4.69, 9.17) is 15.6 Å². The minimum atomic E-state index is -0.492. The van der Waals surface area contributed by atoms with Crippen LogP contribution in [0.4, 0.5) is 5.82 Å². The maximum atomic E-state index is 12.8. The Balaban J connectivity index is 1.58. The lowest BCUT2D eigenvalue weighted by atomic mass is 10.1. The number of nitrogen functional groups attached to an aromatic ring is 1. The number of hydrogen-bond donors (Lipinski definition) is 3. The number of para-hydroxylation sites is 1. The monoisotopic (exact) mass is 477 g/mol. The molecule has 9 heteroatoms. The lowest BCUT2D eigenvalue weighted by Crippen LogP contribution is -2.32. The molecule has 0 aliphatic carbocycles. The SMILES string of the molecule is CC(C(=O)NCCSCCO)n1cc(-c2ccc(Oc3ccccc3)cc2)c2c(N)ncnc21. The minimum Gasteiger partial charge on any atom is -0.457 e. The summed E-state index contributed by atoms with van der Waals surface area (Å²) in [4.78, 5) is 21.4. The summed E-state index contributed by atoms with van der Waals surface area (Å²) in [6, 6.07) is 16.8. The first-order valence-corrected chi connectivity index (χ1v) is 12.1. The summed E-state index contributed by atoms with van der Waals surface area (Å²) in [7, 11) is 0. The van der Waals surface area contributed by atoms with Gasteiger partial charge in [-0.25, -0.2) is 9.97 Å². The molecule has 1 atom stereocenters. The molecule has 176 valence electrons. The smallest absolute Gasteiger partial charge is 0.242 e. The largest absolute Gasteiger partial charge is 0.457 e. The van der Waals surface area contributed by atoms with Gasteiger partial charge in [0.05, 0.1) is 12.0 Å². The van der Waals surface area contributed by atoms with Gasteiger partial charge in [0.1, 0.15) is 35.3 Å². The normalized spacial score (nSPS) is 11.9. The number of aromatic nitrogens is 3. The number of nitrogens with one attached hydrogen (secondary N) is 1. The molecule has 1 amide bonds. The minimum absolute atomic E-state index is 0.114. The van der Waals surface area contributed by atoms with E-state index in [1.54, 1.807) is 11.8 Å². The zero-order chi connectivity index (χ0) is 23.9.